The number of hydrogen-bond donors (Lipinski definition) is 0. The largest absolute Gasteiger partial charge is 0.430 e. The number of hydrogen-bond acceptors (Lipinski definition) is 3. The average molecular weight is 531 g/mol. The van der Waals surface area contributed by atoms with Crippen molar-refractivity contribution in [1.82, 2.24) is 0 Å². The van der Waals surface area contributed by atoms with Crippen LogP contribution in [0, 0.1) is 39.9 Å². The van der Waals surface area contributed by atoms with Gasteiger partial charge in [-0.3, -0.25) is 4.79 Å². The van der Waals surface area contributed by atoms with Crippen LogP contribution in [0.5, 0.6) is 0 Å². The lowest BCUT2D eigenvalue weighted by atomic mass is 9.49. The van der Waals surface area contributed by atoms with Crippen molar-refractivity contribution in [3.63, 3.8) is 0 Å². The maximum absolute atomic E-state index is 13.9. The van der Waals surface area contributed by atoms with Crippen molar-refractivity contribution in [1.29, 1.82) is 0 Å². The molecule has 4 rings (SSSR count). The highest BCUT2D eigenvalue weighted by molar-refractivity contribution is 6.73. The first-order chi connectivity index (χ1) is 17.4. The Morgan fingerprint density at radius 3 is 2.24 bits per heavy atom. The minimum absolute atomic E-state index is 0.0384. The maximum Gasteiger partial charge on any atom is 0.317 e. The molecule has 2 fully saturated rings. The van der Waals surface area contributed by atoms with Crippen LogP contribution in [0.1, 0.15) is 127 Å². The minimum atomic E-state index is -1.70. The van der Waals surface area contributed by atoms with Crippen molar-refractivity contribution in [2.24, 2.45) is 39.9 Å². The molecule has 0 aromatic rings. The van der Waals surface area contributed by atoms with E-state index in [0.717, 1.165) is 49.2 Å². The van der Waals surface area contributed by atoms with Crippen LogP contribution in [0.4, 0.5) is 0 Å². The summed E-state index contributed by atoms with van der Waals surface area (Å²) < 4.78 is 13.5. The van der Waals surface area contributed by atoms with Crippen LogP contribution in [0.15, 0.2) is 11.3 Å². The summed E-state index contributed by atoms with van der Waals surface area (Å²) in [5.74, 6) is 3.88. The van der Waals surface area contributed by atoms with Crippen molar-refractivity contribution in [3.05, 3.63) is 11.3 Å². The normalized spacial score (nSPS) is 38.8. The Kier molecular flexibility index (Phi) is 8.53. The van der Waals surface area contributed by atoms with E-state index in [1.165, 1.54) is 62.2 Å². The Morgan fingerprint density at radius 1 is 0.946 bits per heavy atom. The molecule has 0 N–H and O–H groups in total. The zero-order chi connectivity index (χ0) is 27.2. The SMILES string of the molecule is CC[Si](CC)(CC)O[C@H]1CC[C@]2(C)C3=C(OC(=O)[C@@]2(C)C1)[C@@H]1CC[C@H]([C@H](C)CCCC(C)C)[C@@]1(C)CC3. The van der Waals surface area contributed by atoms with E-state index in [1.807, 2.05) is 0 Å². The predicted octanol–water partition coefficient (Wildman–Crippen LogP) is 9.67. The van der Waals surface area contributed by atoms with Gasteiger partial charge in [-0.25, -0.2) is 0 Å². The van der Waals surface area contributed by atoms with Crippen molar-refractivity contribution in [3.8, 4) is 0 Å². The van der Waals surface area contributed by atoms with Crippen molar-refractivity contribution in [2.75, 3.05) is 0 Å². The molecule has 2 saturated carbocycles. The first-order valence-electron chi connectivity index (χ1n) is 16.0. The molecule has 0 amide bonds. The van der Waals surface area contributed by atoms with Crippen LogP contribution in [-0.2, 0) is 14.0 Å². The summed E-state index contributed by atoms with van der Waals surface area (Å²) in [5.41, 5.74) is 1.22. The fourth-order valence-corrected chi connectivity index (χ4v) is 12.3. The van der Waals surface area contributed by atoms with Gasteiger partial charge >= 0.3 is 5.97 Å². The van der Waals surface area contributed by atoms with Gasteiger partial charge in [-0.2, -0.15) is 0 Å². The second-order valence-electron chi connectivity index (χ2n) is 14.7. The number of carbonyl (C=O) groups is 1. The Morgan fingerprint density at radius 2 is 1.62 bits per heavy atom. The second-order valence-corrected chi connectivity index (χ2v) is 19.4. The number of carbonyl (C=O) groups excluding carboxylic acids is 1. The molecular weight excluding hydrogens is 472 g/mol. The molecule has 1 aliphatic heterocycles. The molecule has 7 atom stereocenters. The number of allylic oxidation sites excluding steroid dienone is 2. The molecule has 37 heavy (non-hydrogen) atoms. The summed E-state index contributed by atoms with van der Waals surface area (Å²) in [7, 11) is -1.70. The first-order valence-corrected chi connectivity index (χ1v) is 18.6. The number of fused-ring (bicyclic) bond motifs is 4. The van der Waals surface area contributed by atoms with E-state index in [4.69, 9.17) is 9.16 Å². The van der Waals surface area contributed by atoms with Gasteiger partial charge in [0.2, 0.25) is 0 Å². The molecule has 1 heterocycles. The van der Waals surface area contributed by atoms with Gasteiger partial charge in [0.1, 0.15) is 5.76 Å². The fraction of sp³-hybridized carbons (Fsp3) is 0.909. The third-order valence-electron chi connectivity index (χ3n) is 12.6. The van der Waals surface area contributed by atoms with E-state index in [2.05, 4.69) is 62.3 Å². The molecule has 0 bridgehead atoms. The Labute approximate surface area is 230 Å². The smallest absolute Gasteiger partial charge is 0.317 e. The van der Waals surface area contributed by atoms with E-state index in [1.54, 1.807) is 0 Å². The molecule has 0 aromatic carbocycles. The van der Waals surface area contributed by atoms with Crippen LogP contribution in [-0.4, -0.2) is 20.4 Å². The summed E-state index contributed by atoms with van der Waals surface area (Å²) >= 11 is 0. The van der Waals surface area contributed by atoms with Gasteiger partial charge in [0, 0.05) is 17.4 Å². The predicted molar refractivity (Wildman–Crippen MR) is 157 cm³/mol. The lowest BCUT2D eigenvalue weighted by molar-refractivity contribution is -0.173. The third kappa shape index (κ3) is 4.83. The highest BCUT2D eigenvalue weighted by Gasteiger charge is 2.64. The lowest BCUT2D eigenvalue weighted by Gasteiger charge is -2.58. The van der Waals surface area contributed by atoms with Gasteiger partial charge in [-0.05, 0) is 98.7 Å². The summed E-state index contributed by atoms with van der Waals surface area (Å²) in [6, 6.07) is 3.50. The fourth-order valence-electron chi connectivity index (χ4n) is 9.41. The van der Waals surface area contributed by atoms with E-state index < -0.39 is 13.7 Å². The quantitative estimate of drug-likeness (QED) is 0.208. The zero-order valence-electron chi connectivity index (χ0n) is 25.8. The molecular formula is C33H58O3Si. The summed E-state index contributed by atoms with van der Waals surface area (Å²) in [4.78, 5) is 13.9. The van der Waals surface area contributed by atoms with Crippen molar-refractivity contribution >= 4 is 14.3 Å². The molecule has 0 radical (unpaired) electrons. The average Bonchev–Trinajstić information content (AvgIpc) is 3.21. The van der Waals surface area contributed by atoms with Gasteiger partial charge in [0.25, 0.3) is 0 Å². The number of ether oxygens (including phenoxy) is 1. The summed E-state index contributed by atoms with van der Waals surface area (Å²) in [5, 5.41) is 0. The Bertz CT molecular complexity index is 867. The third-order valence-corrected chi connectivity index (χ3v) is 17.3. The topological polar surface area (TPSA) is 35.5 Å². The molecule has 0 aromatic heterocycles. The van der Waals surface area contributed by atoms with Gasteiger partial charge < -0.3 is 9.16 Å². The molecule has 4 aliphatic rings. The monoisotopic (exact) mass is 530 g/mol. The molecule has 0 saturated heterocycles. The van der Waals surface area contributed by atoms with Gasteiger partial charge in [0.05, 0.1) is 5.41 Å². The van der Waals surface area contributed by atoms with E-state index in [0.29, 0.717) is 5.92 Å². The van der Waals surface area contributed by atoms with E-state index >= 15 is 0 Å². The first kappa shape index (κ1) is 29.4. The van der Waals surface area contributed by atoms with Crippen LogP contribution < -0.4 is 0 Å². The Balaban J connectivity index is 1.56. The molecule has 212 valence electrons. The van der Waals surface area contributed by atoms with Gasteiger partial charge in [-0.1, -0.05) is 74.7 Å². The summed E-state index contributed by atoms with van der Waals surface area (Å²) in [6.45, 7) is 21.3. The van der Waals surface area contributed by atoms with Crippen molar-refractivity contribution < 1.29 is 14.0 Å². The van der Waals surface area contributed by atoms with Crippen LogP contribution in [0.25, 0.3) is 0 Å². The lowest BCUT2D eigenvalue weighted by Crippen LogP contribution is -2.57. The zero-order valence-corrected chi connectivity index (χ0v) is 26.8. The summed E-state index contributed by atoms with van der Waals surface area (Å²) in [6.07, 6.45) is 12.0. The van der Waals surface area contributed by atoms with Crippen molar-refractivity contribution in [2.45, 2.75) is 151 Å². The highest BCUT2D eigenvalue weighted by atomic mass is 28.4. The second kappa shape index (κ2) is 10.8. The molecule has 4 heteroatoms. The Hall–Kier alpha value is -0.613. The van der Waals surface area contributed by atoms with Gasteiger partial charge in [-0.15, -0.1) is 0 Å². The van der Waals surface area contributed by atoms with Gasteiger partial charge in [0.15, 0.2) is 8.32 Å². The van der Waals surface area contributed by atoms with Crippen LogP contribution >= 0.6 is 0 Å². The van der Waals surface area contributed by atoms with Crippen LogP contribution in [0.3, 0.4) is 0 Å². The van der Waals surface area contributed by atoms with Crippen LogP contribution in [0.2, 0.25) is 18.1 Å². The molecule has 0 unspecified atom stereocenters. The van der Waals surface area contributed by atoms with E-state index in [-0.39, 0.29) is 22.9 Å². The standard InChI is InChI=1S/C33H58O3Si/c1-10-37(11-2,12-3)36-25-18-21-32(8)28-19-20-31(7)26(24(6)15-13-14-23(4)5)16-17-27(31)29(28)35-30(34)33(32,9)22-25/h23-27H,10-22H2,1-9H3/t24-,25+,26-,27+,31-,32-,33-/m1/s1. The maximum atomic E-state index is 13.9. The number of rotatable bonds is 10. The van der Waals surface area contributed by atoms with E-state index in [9.17, 15) is 4.79 Å². The molecule has 3 aliphatic carbocycles. The number of esters is 1. The minimum Gasteiger partial charge on any atom is -0.430 e. The molecule has 3 nitrogen and oxygen atoms in total. The molecule has 0 spiro atoms. The highest BCUT2D eigenvalue weighted by Crippen LogP contribution is 2.67.